The Kier molecular flexibility index (Phi) is 7.32. The molecule has 1 aromatic carbocycles. The van der Waals surface area contributed by atoms with Gasteiger partial charge in [-0.3, -0.25) is 9.79 Å². The van der Waals surface area contributed by atoms with Crippen LogP contribution in [-0.2, 0) is 11.3 Å². The van der Waals surface area contributed by atoms with E-state index in [0.29, 0.717) is 13.0 Å². The van der Waals surface area contributed by atoms with Gasteiger partial charge in [0.15, 0.2) is 5.96 Å². The molecule has 0 aliphatic heterocycles. The van der Waals surface area contributed by atoms with Gasteiger partial charge in [-0.2, -0.15) is 0 Å². The van der Waals surface area contributed by atoms with Crippen molar-refractivity contribution in [2.45, 2.75) is 26.3 Å². The highest BCUT2D eigenvalue weighted by atomic mass is 16.2. The third-order valence-corrected chi connectivity index (χ3v) is 3.98. The monoisotopic (exact) mass is 343 g/mol. The van der Waals surface area contributed by atoms with E-state index in [4.69, 9.17) is 0 Å². The highest BCUT2D eigenvalue weighted by Crippen LogP contribution is 2.15. The van der Waals surface area contributed by atoms with E-state index < -0.39 is 0 Å². The lowest BCUT2D eigenvalue weighted by Gasteiger charge is -2.13. The van der Waals surface area contributed by atoms with Crippen molar-refractivity contribution in [3.8, 4) is 0 Å². The molecule has 0 spiro atoms. The van der Waals surface area contributed by atoms with Gasteiger partial charge < -0.3 is 20.1 Å². The number of carbonyl (C=O) groups excluding carboxylic acids is 1. The van der Waals surface area contributed by atoms with E-state index in [9.17, 15) is 4.79 Å². The maximum atomic E-state index is 11.6. The summed E-state index contributed by atoms with van der Waals surface area (Å²) in [6.07, 6.45) is 3.56. The minimum atomic E-state index is 0.114. The molecule has 2 N–H and O–H groups in total. The van der Waals surface area contributed by atoms with Gasteiger partial charge in [0.2, 0.25) is 5.91 Å². The van der Waals surface area contributed by atoms with Crippen molar-refractivity contribution in [2.75, 3.05) is 33.7 Å². The Morgan fingerprint density at radius 3 is 2.76 bits per heavy atom. The van der Waals surface area contributed by atoms with E-state index in [-0.39, 0.29) is 5.91 Å². The third-order valence-electron chi connectivity index (χ3n) is 3.98. The summed E-state index contributed by atoms with van der Waals surface area (Å²) in [6.45, 7) is 5.11. The van der Waals surface area contributed by atoms with Crippen LogP contribution in [0, 0.1) is 0 Å². The number of benzene rings is 1. The number of amides is 1. The lowest BCUT2D eigenvalue weighted by molar-refractivity contribution is -0.128. The number of aliphatic imine (C=N–C) groups is 1. The van der Waals surface area contributed by atoms with Crippen LogP contribution < -0.4 is 10.6 Å². The van der Waals surface area contributed by atoms with Crippen molar-refractivity contribution in [1.82, 2.24) is 20.1 Å². The van der Waals surface area contributed by atoms with Crippen molar-refractivity contribution in [1.29, 1.82) is 0 Å². The largest absolute Gasteiger partial charge is 0.357 e. The maximum Gasteiger partial charge on any atom is 0.223 e. The fourth-order valence-corrected chi connectivity index (χ4v) is 2.62. The zero-order valence-electron chi connectivity index (χ0n) is 15.5. The second-order valence-electron chi connectivity index (χ2n) is 6.15. The first-order valence-electron chi connectivity index (χ1n) is 8.88. The number of nitrogens with zero attached hydrogens (tertiary/aromatic N) is 3. The molecule has 0 saturated heterocycles. The summed E-state index contributed by atoms with van der Waals surface area (Å²) >= 11 is 0. The van der Waals surface area contributed by atoms with Crippen LogP contribution >= 0.6 is 0 Å². The Hall–Kier alpha value is -2.50. The van der Waals surface area contributed by atoms with Gasteiger partial charge >= 0.3 is 0 Å². The number of fused-ring (bicyclic) bond motifs is 1. The summed E-state index contributed by atoms with van der Waals surface area (Å²) in [7, 11) is 3.54. The van der Waals surface area contributed by atoms with Crippen LogP contribution in [0.5, 0.6) is 0 Å². The van der Waals surface area contributed by atoms with Crippen LogP contribution in [0.15, 0.2) is 41.5 Å². The molecule has 0 bridgehead atoms. The highest BCUT2D eigenvalue weighted by Gasteiger charge is 2.04. The molecule has 136 valence electrons. The molecule has 6 heteroatoms. The summed E-state index contributed by atoms with van der Waals surface area (Å²) in [6, 6.07) is 10.6. The number of para-hydroxylation sites is 1. The smallest absolute Gasteiger partial charge is 0.223 e. The summed E-state index contributed by atoms with van der Waals surface area (Å²) in [5.74, 6) is 0.884. The van der Waals surface area contributed by atoms with Crippen molar-refractivity contribution < 1.29 is 4.79 Å². The topological polar surface area (TPSA) is 61.7 Å². The van der Waals surface area contributed by atoms with Gasteiger partial charge in [-0.25, -0.2) is 0 Å². The van der Waals surface area contributed by atoms with Gasteiger partial charge in [0.25, 0.3) is 0 Å². The molecule has 0 saturated carbocycles. The Morgan fingerprint density at radius 2 is 2.00 bits per heavy atom. The van der Waals surface area contributed by atoms with Crippen LogP contribution in [0.25, 0.3) is 10.9 Å². The number of hydrogen-bond donors (Lipinski definition) is 2. The van der Waals surface area contributed by atoms with Crippen LogP contribution in [0.4, 0.5) is 0 Å². The first kappa shape index (κ1) is 18.8. The standard InChI is InChI=1S/C19H29N5O/c1-4-20-19(22-13-10-18(25)23(2)3)21-12-7-14-24-15-11-16-8-5-6-9-17(16)24/h5-6,8-9,11,15H,4,7,10,12-14H2,1-3H3,(H2,20,21,22). The lowest BCUT2D eigenvalue weighted by atomic mass is 10.2. The van der Waals surface area contributed by atoms with Crippen LogP contribution in [-0.4, -0.2) is 55.1 Å². The van der Waals surface area contributed by atoms with E-state index in [0.717, 1.165) is 32.0 Å². The Morgan fingerprint density at radius 1 is 1.20 bits per heavy atom. The van der Waals surface area contributed by atoms with Crippen molar-refractivity contribution in [3.63, 3.8) is 0 Å². The molecule has 0 atom stereocenters. The molecular formula is C19H29N5O. The van der Waals surface area contributed by atoms with E-state index in [2.05, 4.69) is 56.7 Å². The SMILES string of the molecule is CCNC(=NCCCn1ccc2ccccc21)NCCC(=O)N(C)C. The van der Waals surface area contributed by atoms with Gasteiger partial charge in [-0.15, -0.1) is 0 Å². The summed E-state index contributed by atoms with van der Waals surface area (Å²) in [5, 5.41) is 7.70. The van der Waals surface area contributed by atoms with Gasteiger partial charge in [-0.05, 0) is 30.9 Å². The Bertz CT molecular complexity index is 705. The number of carbonyl (C=O) groups is 1. The van der Waals surface area contributed by atoms with Crippen LogP contribution in [0.2, 0.25) is 0 Å². The molecule has 25 heavy (non-hydrogen) atoms. The van der Waals surface area contributed by atoms with E-state index in [1.54, 1.807) is 19.0 Å². The predicted molar refractivity (Wildman–Crippen MR) is 104 cm³/mol. The van der Waals surface area contributed by atoms with Crippen molar-refractivity contribution >= 4 is 22.8 Å². The molecule has 2 rings (SSSR count). The fourth-order valence-electron chi connectivity index (χ4n) is 2.62. The number of aryl methyl sites for hydroxylation is 1. The summed E-state index contributed by atoms with van der Waals surface area (Å²) in [5.41, 5.74) is 1.26. The summed E-state index contributed by atoms with van der Waals surface area (Å²) in [4.78, 5) is 17.8. The van der Waals surface area contributed by atoms with Crippen molar-refractivity contribution in [3.05, 3.63) is 36.5 Å². The average molecular weight is 343 g/mol. The first-order valence-corrected chi connectivity index (χ1v) is 8.88. The van der Waals surface area contributed by atoms with Crippen LogP contribution in [0.1, 0.15) is 19.8 Å². The summed E-state index contributed by atoms with van der Waals surface area (Å²) < 4.78 is 2.26. The highest BCUT2D eigenvalue weighted by molar-refractivity contribution is 5.81. The molecule has 2 aromatic rings. The number of nitrogens with one attached hydrogen (secondary N) is 2. The Balaban J connectivity index is 1.79. The van der Waals surface area contributed by atoms with Crippen molar-refractivity contribution in [2.24, 2.45) is 4.99 Å². The lowest BCUT2D eigenvalue weighted by Crippen LogP contribution is -2.39. The minimum absolute atomic E-state index is 0.114. The average Bonchev–Trinajstić information content (AvgIpc) is 3.01. The Labute approximate surface area is 149 Å². The van der Waals surface area contributed by atoms with Gasteiger partial charge in [0.1, 0.15) is 0 Å². The molecule has 0 aliphatic rings. The molecule has 1 heterocycles. The fraction of sp³-hybridized carbons (Fsp3) is 0.474. The molecule has 0 radical (unpaired) electrons. The second kappa shape index (κ2) is 9.71. The molecule has 0 aliphatic carbocycles. The first-order chi connectivity index (χ1) is 12.1. The maximum absolute atomic E-state index is 11.6. The molecular weight excluding hydrogens is 314 g/mol. The third kappa shape index (κ3) is 5.81. The van der Waals surface area contributed by atoms with E-state index in [1.807, 2.05) is 6.92 Å². The van der Waals surface area contributed by atoms with E-state index >= 15 is 0 Å². The number of hydrogen-bond acceptors (Lipinski definition) is 2. The number of rotatable bonds is 8. The second-order valence-corrected chi connectivity index (χ2v) is 6.15. The molecule has 1 aromatic heterocycles. The molecule has 1 amide bonds. The van der Waals surface area contributed by atoms with Gasteiger partial charge in [-0.1, -0.05) is 18.2 Å². The molecule has 6 nitrogen and oxygen atoms in total. The van der Waals surface area contributed by atoms with Crippen LogP contribution in [0.3, 0.4) is 0 Å². The number of guanidine groups is 1. The quantitative estimate of drug-likeness (QED) is 0.438. The zero-order chi connectivity index (χ0) is 18.1. The minimum Gasteiger partial charge on any atom is -0.357 e. The normalized spacial score (nSPS) is 11.6. The van der Waals surface area contributed by atoms with E-state index in [1.165, 1.54) is 10.9 Å². The number of aromatic nitrogens is 1. The molecule has 0 fully saturated rings. The molecule has 0 unspecified atom stereocenters. The zero-order valence-corrected chi connectivity index (χ0v) is 15.5. The van der Waals surface area contributed by atoms with Gasteiger partial charge in [0, 0.05) is 58.4 Å². The predicted octanol–water partition coefficient (Wildman–Crippen LogP) is 2.06. The van der Waals surface area contributed by atoms with Gasteiger partial charge in [0.05, 0.1) is 0 Å².